The maximum atomic E-state index is 2.32. The molecule has 0 bridgehead atoms. The van der Waals surface area contributed by atoms with Gasteiger partial charge in [0, 0.05) is 25.7 Å². The molecule has 2 aromatic rings. The number of hydrogen-bond acceptors (Lipinski definition) is 1. The highest BCUT2D eigenvalue weighted by atomic mass is 15.1. The minimum absolute atomic E-state index is 0.529. The lowest BCUT2D eigenvalue weighted by Crippen LogP contribution is -2.08. The van der Waals surface area contributed by atoms with Gasteiger partial charge in [0.05, 0.1) is 0 Å². The predicted octanol–water partition coefficient (Wildman–Crippen LogP) is 4.11. The third kappa shape index (κ3) is 2.41. The van der Waals surface area contributed by atoms with Crippen molar-refractivity contribution in [2.24, 2.45) is 0 Å². The first-order valence-corrected chi connectivity index (χ1v) is 6.77. The highest BCUT2D eigenvalue weighted by Crippen LogP contribution is 2.32. The van der Waals surface area contributed by atoms with Crippen molar-refractivity contribution >= 4 is 11.8 Å². The van der Waals surface area contributed by atoms with Gasteiger partial charge in [0.25, 0.3) is 0 Å². The SMILES string of the molecule is CN(C)c1ccc(CC2C=Cc3ccccc32)cc1. The molecule has 0 N–H and O–H groups in total. The highest BCUT2D eigenvalue weighted by Gasteiger charge is 2.16. The Balaban J connectivity index is 1.78. The summed E-state index contributed by atoms with van der Waals surface area (Å²) >= 11 is 0. The van der Waals surface area contributed by atoms with Gasteiger partial charge in [-0.15, -0.1) is 0 Å². The van der Waals surface area contributed by atoms with Crippen molar-refractivity contribution in [1.82, 2.24) is 0 Å². The lowest BCUT2D eigenvalue weighted by Gasteiger charge is -2.14. The molecule has 0 amide bonds. The predicted molar refractivity (Wildman–Crippen MR) is 82.7 cm³/mol. The third-order valence-electron chi connectivity index (χ3n) is 3.81. The molecule has 19 heavy (non-hydrogen) atoms. The standard InChI is InChI=1S/C18H19N/c1-19(2)17-11-7-14(8-12-17)13-16-10-9-15-5-3-4-6-18(15)16/h3-12,16H,13H2,1-2H3. The fraction of sp³-hybridized carbons (Fsp3) is 0.222. The van der Waals surface area contributed by atoms with Gasteiger partial charge in [-0.1, -0.05) is 48.6 Å². The normalized spacial score (nSPS) is 16.4. The molecule has 1 nitrogen and oxygen atoms in total. The summed E-state index contributed by atoms with van der Waals surface area (Å²) in [6, 6.07) is 17.6. The van der Waals surface area contributed by atoms with Crippen LogP contribution in [0.4, 0.5) is 5.69 Å². The van der Waals surface area contributed by atoms with Gasteiger partial charge in [-0.2, -0.15) is 0 Å². The number of anilines is 1. The van der Waals surface area contributed by atoms with Gasteiger partial charge >= 0.3 is 0 Å². The van der Waals surface area contributed by atoms with E-state index >= 15 is 0 Å². The summed E-state index contributed by atoms with van der Waals surface area (Å²) < 4.78 is 0. The Labute approximate surface area is 115 Å². The van der Waals surface area contributed by atoms with E-state index in [1.165, 1.54) is 22.4 Å². The van der Waals surface area contributed by atoms with Crippen LogP contribution in [0.1, 0.15) is 22.6 Å². The Morgan fingerprint density at radius 1 is 0.947 bits per heavy atom. The van der Waals surface area contributed by atoms with Crippen LogP contribution in [0, 0.1) is 0 Å². The van der Waals surface area contributed by atoms with Crippen LogP contribution < -0.4 is 4.90 Å². The minimum Gasteiger partial charge on any atom is -0.378 e. The van der Waals surface area contributed by atoms with E-state index in [9.17, 15) is 0 Å². The van der Waals surface area contributed by atoms with E-state index < -0.39 is 0 Å². The average molecular weight is 249 g/mol. The van der Waals surface area contributed by atoms with Crippen molar-refractivity contribution in [3.8, 4) is 0 Å². The van der Waals surface area contributed by atoms with Crippen molar-refractivity contribution in [3.63, 3.8) is 0 Å². The second kappa shape index (κ2) is 4.93. The zero-order chi connectivity index (χ0) is 13.2. The van der Waals surface area contributed by atoms with Crippen LogP contribution in [0.2, 0.25) is 0 Å². The molecule has 1 unspecified atom stereocenters. The summed E-state index contributed by atoms with van der Waals surface area (Å²) in [5.74, 6) is 0.529. The maximum Gasteiger partial charge on any atom is 0.0361 e. The number of allylic oxidation sites excluding steroid dienone is 1. The van der Waals surface area contributed by atoms with Crippen molar-refractivity contribution in [2.75, 3.05) is 19.0 Å². The lowest BCUT2D eigenvalue weighted by atomic mass is 9.94. The zero-order valence-corrected chi connectivity index (χ0v) is 11.5. The summed E-state index contributed by atoms with van der Waals surface area (Å²) in [5.41, 5.74) is 5.49. The Bertz CT molecular complexity index is 593. The largest absolute Gasteiger partial charge is 0.378 e. The molecular formula is C18H19N. The summed E-state index contributed by atoms with van der Waals surface area (Å²) in [7, 11) is 4.15. The van der Waals surface area contributed by atoms with E-state index in [1.54, 1.807) is 0 Å². The molecular weight excluding hydrogens is 230 g/mol. The number of hydrogen-bond donors (Lipinski definition) is 0. The van der Waals surface area contributed by atoms with Gasteiger partial charge in [-0.05, 0) is 35.2 Å². The summed E-state index contributed by atoms with van der Waals surface area (Å²) in [6.07, 6.45) is 5.65. The maximum absolute atomic E-state index is 2.32. The molecule has 0 radical (unpaired) electrons. The quantitative estimate of drug-likeness (QED) is 0.791. The van der Waals surface area contributed by atoms with Crippen LogP contribution in [-0.2, 0) is 6.42 Å². The summed E-state index contributed by atoms with van der Waals surface area (Å²) in [6.45, 7) is 0. The lowest BCUT2D eigenvalue weighted by molar-refractivity contribution is 0.850. The van der Waals surface area contributed by atoms with Crippen LogP contribution in [0.25, 0.3) is 6.08 Å². The monoisotopic (exact) mass is 249 g/mol. The molecule has 1 atom stereocenters. The third-order valence-corrected chi connectivity index (χ3v) is 3.81. The second-order valence-corrected chi connectivity index (χ2v) is 5.36. The Hall–Kier alpha value is -2.02. The molecule has 0 aliphatic heterocycles. The molecule has 0 saturated heterocycles. The topological polar surface area (TPSA) is 3.24 Å². The van der Waals surface area contributed by atoms with Crippen molar-refractivity contribution in [2.45, 2.75) is 12.3 Å². The van der Waals surface area contributed by atoms with Gasteiger partial charge in [0.1, 0.15) is 0 Å². The van der Waals surface area contributed by atoms with Crippen LogP contribution in [-0.4, -0.2) is 14.1 Å². The first-order chi connectivity index (χ1) is 9.24. The van der Waals surface area contributed by atoms with Gasteiger partial charge < -0.3 is 4.90 Å². The van der Waals surface area contributed by atoms with E-state index in [-0.39, 0.29) is 0 Å². The van der Waals surface area contributed by atoms with Gasteiger partial charge in [0.15, 0.2) is 0 Å². The van der Waals surface area contributed by atoms with E-state index in [0.717, 1.165) is 6.42 Å². The second-order valence-electron chi connectivity index (χ2n) is 5.36. The molecule has 0 spiro atoms. The zero-order valence-electron chi connectivity index (χ0n) is 11.5. The van der Waals surface area contributed by atoms with Crippen LogP contribution in [0.3, 0.4) is 0 Å². The molecule has 3 rings (SSSR count). The number of benzene rings is 2. The fourth-order valence-corrected chi connectivity index (χ4v) is 2.69. The van der Waals surface area contributed by atoms with Gasteiger partial charge in [-0.25, -0.2) is 0 Å². The van der Waals surface area contributed by atoms with Gasteiger partial charge in [-0.3, -0.25) is 0 Å². The number of nitrogens with zero attached hydrogens (tertiary/aromatic N) is 1. The average Bonchev–Trinajstić information content (AvgIpc) is 2.83. The van der Waals surface area contributed by atoms with E-state index in [0.29, 0.717) is 5.92 Å². The molecule has 0 saturated carbocycles. The Morgan fingerprint density at radius 3 is 2.42 bits per heavy atom. The van der Waals surface area contributed by atoms with E-state index in [1.807, 2.05) is 0 Å². The highest BCUT2D eigenvalue weighted by molar-refractivity contribution is 5.62. The van der Waals surface area contributed by atoms with Crippen LogP contribution >= 0.6 is 0 Å². The van der Waals surface area contributed by atoms with E-state index in [4.69, 9.17) is 0 Å². The first kappa shape index (κ1) is 12.0. The minimum atomic E-state index is 0.529. The molecule has 0 aromatic heterocycles. The Kier molecular flexibility index (Phi) is 3.12. The van der Waals surface area contributed by atoms with Crippen molar-refractivity contribution < 1.29 is 0 Å². The van der Waals surface area contributed by atoms with E-state index in [2.05, 4.69) is 79.7 Å². The fourth-order valence-electron chi connectivity index (χ4n) is 2.69. The smallest absolute Gasteiger partial charge is 0.0361 e. The molecule has 1 aliphatic rings. The summed E-state index contributed by atoms with van der Waals surface area (Å²) in [4.78, 5) is 2.13. The van der Waals surface area contributed by atoms with Crippen LogP contribution in [0.5, 0.6) is 0 Å². The molecule has 1 heteroatoms. The van der Waals surface area contributed by atoms with Crippen molar-refractivity contribution in [3.05, 3.63) is 71.3 Å². The van der Waals surface area contributed by atoms with Crippen molar-refractivity contribution in [1.29, 1.82) is 0 Å². The molecule has 1 aliphatic carbocycles. The first-order valence-electron chi connectivity index (χ1n) is 6.77. The molecule has 0 heterocycles. The molecule has 0 fully saturated rings. The summed E-state index contributed by atoms with van der Waals surface area (Å²) in [5, 5.41) is 0. The Morgan fingerprint density at radius 2 is 1.68 bits per heavy atom. The van der Waals surface area contributed by atoms with Crippen LogP contribution in [0.15, 0.2) is 54.6 Å². The number of rotatable bonds is 3. The molecule has 2 aromatic carbocycles. The molecule has 96 valence electrons. The van der Waals surface area contributed by atoms with Gasteiger partial charge in [0.2, 0.25) is 0 Å². The number of fused-ring (bicyclic) bond motifs is 1.